The van der Waals surface area contributed by atoms with Gasteiger partial charge in [0.05, 0.1) is 22.5 Å². The number of hydrogen-bond acceptors (Lipinski definition) is 5. The highest BCUT2D eigenvalue weighted by molar-refractivity contribution is 7.16. The molecule has 0 bridgehead atoms. The van der Waals surface area contributed by atoms with Crippen LogP contribution in [0.1, 0.15) is 95.1 Å². The Morgan fingerprint density at radius 1 is 0.679 bits per heavy atom. The van der Waals surface area contributed by atoms with Crippen molar-refractivity contribution in [2.24, 2.45) is 11.8 Å². The first-order chi connectivity index (χ1) is 27.2. The Labute approximate surface area is 335 Å². The fourth-order valence-corrected chi connectivity index (χ4v) is 8.77. The Morgan fingerprint density at radius 2 is 1.14 bits per heavy atom. The van der Waals surface area contributed by atoms with E-state index >= 15 is 9.59 Å². The molecule has 8 heteroatoms. The fourth-order valence-electron chi connectivity index (χ4n) is 7.81. The summed E-state index contributed by atoms with van der Waals surface area (Å²) in [5.41, 5.74) is 6.81. The SMILES string of the molecule is CCCCC(CC)CN1C(=O)C2=C(c3ccc(-c4ccc(/C=C(\C#N)C(=O)O)s4)cc3)N(CC(CC)CCCC)C(=O)C2=C1c1ccc(-c2ccccc2)cc1. The number of benzene rings is 3. The normalized spacial score (nSPS) is 15.4. The van der Waals surface area contributed by atoms with Crippen LogP contribution in [0.5, 0.6) is 0 Å². The summed E-state index contributed by atoms with van der Waals surface area (Å²) < 4.78 is 0. The number of aliphatic carboxylic acids is 1. The van der Waals surface area contributed by atoms with Gasteiger partial charge in [-0.05, 0) is 70.7 Å². The predicted octanol–water partition coefficient (Wildman–Crippen LogP) is 11.3. The fraction of sp³-hybridized carbons (Fsp3) is 0.333. The molecular formula is C48H51N3O4S. The molecule has 2 atom stereocenters. The van der Waals surface area contributed by atoms with Crippen LogP contribution in [0.15, 0.2) is 108 Å². The third-order valence-electron chi connectivity index (χ3n) is 11.1. The molecular weight excluding hydrogens is 715 g/mol. The van der Waals surface area contributed by atoms with E-state index in [1.165, 1.54) is 17.4 Å². The van der Waals surface area contributed by atoms with E-state index in [4.69, 9.17) is 0 Å². The van der Waals surface area contributed by atoms with Crippen LogP contribution in [-0.2, 0) is 14.4 Å². The van der Waals surface area contributed by atoms with Crippen molar-refractivity contribution in [2.45, 2.75) is 79.1 Å². The molecule has 2 aliphatic rings. The monoisotopic (exact) mass is 765 g/mol. The number of nitriles is 1. The molecule has 1 N–H and O–H groups in total. The van der Waals surface area contributed by atoms with Crippen LogP contribution in [0, 0.1) is 23.2 Å². The molecule has 7 nitrogen and oxygen atoms in total. The first kappa shape index (κ1) is 40.2. The van der Waals surface area contributed by atoms with Gasteiger partial charge in [-0.25, -0.2) is 4.79 Å². The third-order valence-corrected chi connectivity index (χ3v) is 12.2. The highest BCUT2D eigenvalue weighted by atomic mass is 32.1. The van der Waals surface area contributed by atoms with Crippen molar-refractivity contribution in [3.63, 3.8) is 0 Å². The van der Waals surface area contributed by atoms with Gasteiger partial charge in [-0.15, -0.1) is 11.3 Å². The number of carbonyl (C=O) groups is 3. The van der Waals surface area contributed by atoms with Gasteiger partial charge in [-0.2, -0.15) is 5.26 Å². The number of thiophene rings is 1. The largest absolute Gasteiger partial charge is 0.477 e. The van der Waals surface area contributed by atoms with E-state index in [1.54, 1.807) is 12.1 Å². The lowest BCUT2D eigenvalue weighted by atomic mass is 9.97. The highest BCUT2D eigenvalue weighted by Crippen LogP contribution is 2.48. The summed E-state index contributed by atoms with van der Waals surface area (Å²) in [4.78, 5) is 46.8. The van der Waals surface area contributed by atoms with E-state index in [-0.39, 0.29) is 23.3 Å². The number of carboxylic acids is 1. The molecule has 1 aromatic heterocycles. The predicted molar refractivity (Wildman–Crippen MR) is 227 cm³/mol. The topological polar surface area (TPSA) is 102 Å². The zero-order valence-corrected chi connectivity index (χ0v) is 33.7. The Kier molecular flexibility index (Phi) is 13.2. The van der Waals surface area contributed by atoms with E-state index < -0.39 is 5.97 Å². The molecule has 2 unspecified atom stereocenters. The summed E-state index contributed by atoms with van der Waals surface area (Å²) in [6.07, 6.45) is 9.60. The molecule has 0 radical (unpaired) electrons. The lowest BCUT2D eigenvalue weighted by Gasteiger charge is -2.29. The van der Waals surface area contributed by atoms with Crippen LogP contribution in [0.25, 0.3) is 39.0 Å². The maximum absolute atomic E-state index is 15.0. The number of nitrogens with zero attached hydrogens (tertiary/aromatic N) is 3. The van der Waals surface area contributed by atoms with Crippen LogP contribution in [0.3, 0.4) is 0 Å². The van der Waals surface area contributed by atoms with Gasteiger partial charge < -0.3 is 14.9 Å². The molecule has 2 amide bonds. The summed E-state index contributed by atoms with van der Waals surface area (Å²) in [6.45, 7) is 9.83. The second kappa shape index (κ2) is 18.4. The summed E-state index contributed by atoms with van der Waals surface area (Å²) >= 11 is 1.40. The average Bonchev–Trinajstić information content (AvgIpc) is 3.89. The van der Waals surface area contributed by atoms with Gasteiger partial charge in [-0.1, -0.05) is 145 Å². The van der Waals surface area contributed by atoms with Gasteiger partial charge in [0.2, 0.25) is 0 Å². The average molecular weight is 766 g/mol. The molecule has 0 aliphatic carbocycles. The van der Waals surface area contributed by atoms with Crippen molar-refractivity contribution in [2.75, 3.05) is 13.1 Å². The highest BCUT2D eigenvalue weighted by Gasteiger charge is 2.49. The maximum atomic E-state index is 15.0. The number of fused-ring (bicyclic) bond motifs is 1. The lowest BCUT2D eigenvalue weighted by molar-refractivity contribution is -0.132. The number of hydrogen-bond donors (Lipinski definition) is 1. The molecule has 6 rings (SSSR count). The van der Waals surface area contributed by atoms with Crippen LogP contribution < -0.4 is 0 Å². The van der Waals surface area contributed by atoms with E-state index in [0.717, 1.165) is 84.1 Å². The summed E-state index contributed by atoms with van der Waals surface area (Å²) in [5, 5.41) is 18.6. The first-order valence-corrected chi connectivity index (χ1v) is 20.9. The van der Waals surface area contributed by atoms with Crippen molar-refractivity contribution in [1.82, 2.24) is 9.80 Å². The van der Waals surface area contributed by atoms with Crippen molar-refractivity contribution in [3.05, 3.63) is 124 Å². The van der Waals surface area contributed by atoms with E-state index in [1.807, 2.05) is 58.3 Å². The van der Waals surface area contributed by atoms with Crippen molar-refractivity contribution in [3.8, 4) is 27.6 Å². The molecule has 3 aromatic carbocycles. The molecule has 0 fully saturated rings. The summed E-state index contributed by atoms with van der Waals surface area (Å²) in [5.74, 6) is -0.905. The number of rotatable bonds is 18. The Morgan fingerprint density at radius 3 is 1.59 bits per heavy atom. The summed E-state index contributed by atoms with van der Waals surface area (Å²) in [6, 6.07) is 31.9. The first-order valence-electron chi connectivity index (χ1n) is 20.1. The number of amides is 2. The van der Waals surface area contributed by atoms with Gasteiger partial charge in [0.15, 0.2) is 0 Å². The molecule has 2 aliphatic heterocycles. The Bertz CT molecular complexity index is 2190. The van der Waals surface area contributed by atoms with E-state index in [2.05, 4.69) is 64.1 Å². The second-order valence-corrected chi connectivity index (χ2v) is 15.9. The van der Waals surface area contributed by atoms with Gasteiger partial charge >= 0.3 is 5.97 Å². The lowest BCUT2D eigenvalue weighted by Crippen LogP contribution is -2.34. The number of carbonyl (C=O) groups excluding carboxylic acids is 2. The van der Waals surface area contributed by atoms with Crippen molar-refractivity contribution in [1.29, 1.82) is 5.26 Å². The Balaban J connectivity index is 1.47. The number of carboxylic acid groups (broad SMARTS) is 1. The molecule has 56 heavy (non-hydrogen) atoms. The van der Waals surface area contributed by atoms with Crippen LogP contribution in [0.2, 0.25) is 0 Å². The molecule has 4 aromatic rings. The van der Waals surface area contributed by atoms with Gasteiger partial charge in [0, 0.05) is 22.8 Å². The second-order valence-electron chi connectivity index (χ2n) is 14.8. The minimum atomic E-state index is -1.26. The van der Waals surface area contributed by atoms with Crippen LogP contribution >= 0.6 is 11.3 Å². The molecule has 0 spiro atoms. The van der Waals surface area contributed by atoms with Gasteiger partial charge in [-0.3, -0.25) is 9.59 Å². The van der Waals surface area contributed by atoms with Gasteiger partial charge in [0.25, 0.3) is 11.8 Å². The minimum Gasteiger partial charge on any atom is -0.477 e. The van der Waals surface area contributed by atoms with Crippen LogP contribution in [-0.4, -0.2) is 45.8 Å². The molecule has 0 saturated heterocycles. The van der Waals surface area contributed by atoms with E-state index in [9.17, 15) is 15.2 Å². The molecule has 0 saturated carbocycles. The van der Waals surface area contributed by atoms with E-state index in [0.29, 0.717) is 46.4 Å². The van der Waals surface area contributed by atoms with Crippen molar-refractivity contribution >= 4 is 46.6 Å². The minimum absolute atomic E-state index is 0.116. The zero-order valence-electron chi connectivity index (χ0n) is 32.9. The zero-order chi connectivity index (χ0) is 39.8. The quantitative estimate of drug-likeness (QED) is 0.0803. The molecule has 3 heterocycles. The third kappa shape index (κ3) is 8.49. The summed E-state index contributed by atoms with van der Waals surface area (Å²) in [7, 11) is 0. The van der Waals surface area contributed by atoms with Crippen molar-refractivity contribution < 1.29 is 19.5 Å². The smallest absolute Gasteiger partial charge is 0.346 e. The van der Waals surface area contributed by atoms with Crippen LogP contribution in [0.4, 0.5) is 0 Å². The Hall–Kier alpha value is -5.52. The molecule has 288 valence electrons. The standard InChI is InChI=1S/C48H51N3O4S/c1-5-9-14-32(7-3)30-50-44(37-22-18-35(19-23-37)34-16-12-11-13-17-34)42-43(47(50)53)45(51(46(42)52)31-33(8-4)15-10-6-2)38-24-20-36(21-25-38)41-27-26-40(56-41)28-39(29-49)48(54)55/h11-13,16-28,32-33H,5-10,14-15,30-31H2,1-4H3,(H,54,55)/b39-28+. The maximum Gasteiger partial charge on any atom is 0.346 e. The van der Waals surface area contributed by atoms with Gasteiger partial charge in [0.1, 0.15) is 11.6 Å². The number of unbranched alkanes of at least 4 members (excludes halogenated alkanes) is 2.